The molecule has 0 aliphatic heterocycles. The van der Waals surface area contributed by atoms with Gasteiger partial charge in [-0.2, -0.15) is 4.98 Å². The molecule has 2 aromatic carbocycles. The van der Waals surface area contributed by atoms with Gasteiger partial charge >= 0.3 is 6.36 Å². The van der Waals surface area contributed by atoms with E-state index < -0.39 is 6.36 Å². The summed E-state index contributed by atoms with van der Waals surface area (Å²) in [5.41, 5.74) is 1.04. The molecule has 12 heteroatoms. The maximum Gasteiger partial charge on any atom is 0.573 e. The van der Waals surface area contributed by atoms with Crippen LogP contribution in [0.4, 0.5) is 30.6 Å². The molecule has 3 N–H and O–H groups in total. The number of nitrogens with zero attached hydrogens (tertiary/aromatic N) is 3. The Labute approximate surface area is 227 Å². The van der Waals surface area contributed by atoms with E-state index in [1.165, 1.54) is 12.1 Å². The number of hydrogen-bond acceptors (Lipinski definition) is 6. The average Bonchev–Trinajstić information content (AvgIpc) is 2.84. The van der Waals surface area contributed by atoms with Crippen LogP contribution in [0, 0.1) is 5.92 Å². The molecule has 1 fully saturated rings. The van der Waals surface area contributed by atoms with Crippen LogP contribution in [0.2, 0.25) is 0 Å². The molecular formula is C25H28BrF3N6OS. The second-order valence-electron chi connectivity index (χ2n) is 9.17. The maximum atomic E-state index is 12.7. The minimum atomic E-state index is -4.80. The Morgan fingerprint density at radius 2 is 1.84 bits per heavy atom. The number of benzene rings is 2. The molecule has 7 nitrogen and oxygen atoms in total. The molecule has 4 rings (SSSR count). The number of halogens is 4. The standard InChI is InChI=1S/C25H28BrF3N6OS/c1-35(2)22-18-5-3-4-6-19(18)32-23(34-22)31-17-10-7-15(8-11-17)14-30-24(37)33-20-12-9-16(26)13-21(20)36-25(27,28)29/h3-6,9,12-13,15,17H,7-8,10-11,14H2,1-2H3,(H2,30,33,37)(H,31,32,34)/t15-,17+. The molecule has 1 aromatic heterocycles. The average molecular weight is 598 g/mol. The van der Waals surface area contributed by atoms with E-state index in [2.05, 4.69) is 36.6 Å². The molecule has 1 heterocycles. The summed E-state index contributed by atoms with van der Waals surface area (Å²) in [6.45, 7) is 0.627. The summed E-state index contributed by atoms with van der Waals surface area (Å²) in [6, 6.07) is 12.6. The van der Waals surface area contributed by atoms with Crippen molar-refractivity contribution in [2.24, 2.45) is 5.92 Å². The molecule has 0 atom stereocenters. The van der Waals surface area contributed by atoms with Gasteiger partial charge in [-0.3, -0.25) is 0 Å². The van der Waals surface area contributed by atoms with E-state index >= 15 is 0 Å². The van der Waals surface area contributed by atoms with Crippen LogP contribution in [0.25, 0.3) is 10.9 Å². The van der Waals surface area contributed by atoms with Gasteiger partial charge in [0.15, 0.2) is 10.9 Å². The van der Waals surface area contributed by atoms with Gasteiger partial charge in [0.05, 0.1) is 11.2 Å². The van der Waals surface area contributed by atoms with E-state index in [-0.39, 0.29) is 22.6 Å². The molecule has 0 saturated heterocycles. The summed E-state index contributed by atoms with van der Waals surface area (Å²) in [7, 11) is 3.94. The van der Waals surface area contributed by atoms with Crippen LogP contribution in [-0.2, 0) is 0 Å². The Bertz CT molecular complexity index is 1250. The Hall–Kier alpha value is -2.86. The minimum absolute atomic E-state index is 0.137. The molecule has 0 bridgehead atoms. The molecule has 3 aromatic rings. The first kappa shape index (κ1) is 27.2. The molecule has 0 amide bonds. The number of hydrogen-bond donors (Lipinski definition) is 3. The molecule has 0 radical (unpaired) electrons. The first-order chi connectivity index (χ1) is 17.6. The third-order valence-electron chi connectivity index (χ3n) is 6.16. The molecule has 37 heavy (non-hydrogen) atoms. The van der Waals surface area contributed by atoms with Crippen molar-refractivity contribution < 1.29 is 17.9 Å². The van der Waals surface area contributed by atoms with Crippen LogP contribution in [0.3, 0.4) is 0 Å². The van der Waals surface area contributed by atoms with Crippen molar-refractivity contribution in [3.8, 4) is 5.75 Å². The van der Waals surface area contributed by atoms with Gasteiger partial charge in [0, 0.05) is 36.5 Å². The molecule has 0 spiro atoms. The van der Waals surface area contributed by atoms with Crippen molar-refractivity contribution in [3.63, 3.8) is 0 Å². The van der Waals surface area contributed by atoms with Gasteiger partial charge in [0.1, 0.15) is 5.82 Å². The van der Waals surface area contributed by atoms with Gasteiger partial charge in [-0.25, -0.2) is 4.98 Å². The fraction of sp³-hybridized carbons (Fsp3) is 0.400. The number of nitrogens with one attached hydrogen (secondary N) is 3. The maximum absolute atomic E-state index is 12.7. The number of rotatable bonds is 7. The number of fused-ring (bicyclic) bond motifs is 1. The number of anilines is 3. The number of alkyl halides is 3. The predicted octanol–water partition coefficient (Wildman–Crippen LogP) is 6.31. The van der Waals surface area contributed by atoms with Crippen molar-refractivity contribution in [1.82, 2.24) is 15.3 Å². The molecule has 198 valence electrons. The SMILES string of the molecule is CN(C)c1nc(N[C@H]2CC[C@@H](CNC(=S)Nc3ccc(Br)cc3OC(F)(F)F)CC2)nc2ccccc12. The zero-order valence-corrected chi connectivity index (χ0v) is 22.8. The second kappa shape index (κ2) is 11.7. The van der Waals surface area contributed by atoms with Crippen LogP contribution in [0.15, 0.2) is 46.9 Å². The summed E-state index contributed by atoms with van der Waals surface area (Å²) >= 11 is 8.48. The van der Waals surface area contributed by atoms with E-state index in [9.17, 15) is 13.2 Å². The lowest BCUT2D eigenvalue weighted by Gasteiger charge is -2.30. The topological polar surface area (TPSA) is 74.3 Å². The summed E-state index contributed by atoms with van der Waals surface area (Å²) in [4.78, 5) is 11.4. The van der Waals surface area contributed by atoms with Gasteiger partial charge in [-0.1, -0.05) is 28.1 Å². The Balaban J connectivity index is 1.28. The zero-order chi connectivity index (χ0) is 26.6. The van der Waals surface area contributed by atoms with E-state index in [1.54, 1.807) is 6.07 Å². The third kappa shape index (κ3) is 7.57. The van der Waals surface area contributed by atoms with E-state index in [4.69, 9.17) is 22.2 Å². The van der Waals surface area contributed by atoms with Crippen LogP contribution in [-0.4, -0.2) is 48.1 Å². The van der Waals surface area contributed by atoms with Crippen LogP contribution >= 0.6 is 28.1 Å². The quantitative estimate of drug-likeness (QED) is 0.274. The number of aromatic nitrogens is 2. The second-order valence-corrected chi connectivity index (χ2v) is 10.5. The first-order valence-electron chi connectivity index (χ1n) is 11.9. The summed E-state index contributed by atoms with van der Waals surface area (Å²) in [6.07, 6.45) is -0.943. The zero-order valence-electron chi connectivity index (χ0n) is 20.4. The summed E-state index contributed by atoms with van der Waals surface area (Å²) in [5, 5.41) is 10.7. The number of thiocarbonyl (C=S) groups is 1. The van der Waals surface area contributed by atoms with Crippen molar-refractivity contribution in [3.05, 3.63) is 46.9 Å². The third-order valence-corrected chi connectivity index (χ3v) is 6.90. The van der Waals surface area contributed by atoms with E-state index in [1.807, 2.05) is 43.3 Å². The van der Waals surface area contributed by atoms with Gasteiger partial charge in [0.25, 0.3) is 0 Å². The van der Waals surface area contributed by atoms with Crippen molar-refractivity contribution in [2.45, 2.75) is 38.1 Å². The minimum Gasteiger partial charge on any atom is -0.404 e. The highest BCUT2D eigenvalue weighted by Gasteiger charge is 2.32. The lowest BCUT2D eigenvalue weighted by molar-refractivity contribution is -0.274. The van der Waals surface area contributed by atoms with Crippen LogP contribution < -0.4 is 25.6 Å². The highest BCUT2D eigenvalue weighted by Crippen LogP contribution is 2.33. The van der Waals surface area contributed by atoms with Gasteiger partial charge < -0.3 is 25.6 Å². The number of para-hydroxylation sites is 1. The fourth-order valence-corrected chi connectivity index (χ4v) is 4.90. The summed E-state index contributed by atoms with van der Waals surface area (Å²) < 4.78 is 42.8. The Kier molecular flexibility index (Phi) is 8.58. The van der Waals surface area contributed by atoms with Gasteiger partial charge in [-0.05, 0) is 74.2 Å². The summed E-state index contributed by atoms with van der Waals surface area (Å²) in [5.74, 6) is 1.54. The highest BCUT2D eigenvalue weighted by molar-refractivity contribution is 9.10. The highest BCUT2D eigenvalue weighted by atomic mass is 79.9. The largest absolute Gasteiger partial charge is 0.573 e. The van der Waals surface area contributed by atoms with Crippen molar-refractivity contribution >= 4 is 61.6 Å². The van der Waals surface area contributed by atoms with Crippen LogP contribution in [0.5, 0.6) is 5.75 Å². The van der Waals surface area contributed by atoms with E-state index in [0.717, 1.165) is 42.4 Å². The van der Waals surface area contributed by atoms with Crippen LogP contribution in [0.1, 0.15) is 25.7 Å². The van der Waals surface area contributed by atoms with Gasteiger partial charge in [0.2, 0.25) is 5.95 Å². The lowest BCUT2D eigenvalue weighted by Crippen LogP contribution is -2.36. The van der Waals surface area contributed by atoms with Crippen molar-refractivity contribution in [1.29, 1.82) is 0 Å². The molecule has 1 aliphatic carbocycles. The lowest BCUT2D eigenvalue weighted by atomic mass is 9.86. The van der Waals surface area contributed by atoms with Crippen molar-refractivity contribution in [2.75, 3.05) is 36.2 Å². The monoisotopic (exact) mass is 596 g/mol. The predicted molar refractivity (Wildman–Crippen MR) is 148 cm³/mol. The Morgan fingerprint density at radius 3 is 2.54 bits per heavy atom. The first-order valence-corrected chi connectivity index (χ1v) is 13.1. The molecule has 1 aliphatic rings. The smallest absolute Gasteiger partial charge is 0.404 e. The number of ether oxygens (including phenoxy) is 1. The molecule has 1 saturated carbocycles. The molecular weight excluding hydrogens is 569 g/mol. The molecule has 0 unspecified atom stereocenters. The Morgan fingerprint density at radius 1 is 1.11 bits per heavy atom. The fourth-order valence-electron chi connectivity index (χ4n) is 4.37. The van der Waals surface area contributed by atoms with Gasteiger partial charge in [-0.15, -0.1) is 13.2 Å². The normalized spacial score (nSPS) is 17.8. The van der Waals surface area contributed by atoms with E-state index in [0.29, 0.717) is 22.9 Å².